The maximum Gasteiger partial charge on any atom is 0.147 e. The zero-order valence-corrected chi connectivity index (χ0v) is 8.60. The molecule has 1 fully saturated rings. The molecule has 0 amide bonds. The van der Waals surface area contributed by atoms with Gasteiger partial charge in [-0.1, -0.05) is 11.2 Å². The lowest BCUT2D eigenvalue weighted by Crippen LogP contribution is -1.85. The predicted octanol–water partition coefficient (Wildman–Crippen LogP) is 2.92. The van der Waals surface area contributed by atoms with Crippen molar-refractivity contribution in [2.75, 3.05) is 0 Å². The van der Waals surface area contributed by atoms with Crippen LogP contribution in [-0.2, 0) is 0 Å². The van der Waals surface area contributed by atoms with Crippen LogP contribution >= 0.6 is 0 Å². The number of hydrogen-bond acceptors (Lipinski definition) is 3. The highest BCUT2D eigenvalue weighted by atomic mass is 16.5. The molecule has 0 unspecified atom stereocenters. The topological polar surface area (TPSA) is 38.9 Å². The lowest BCUT2D eigenvalue weighted by atomic mass is 10.0. The largest absolute Gasteiger partial charge is 0.360 e. The van der Waals surface area contributed by atoms with Gasteiger partial charge in [0.25, 0.3) is 0 Å². The van der Waals surface area contributed by atoms with Crippen molar-refractivity contribution in [3.8, 4) is 11.1 Å². The molecule has 2 aromatic heterocycles. The first-order valence-electron chi connectivity index (χ1n) is 5.23. The van der Waals surface area contributed by atoms with Gasteiger partial charge in [0.2, 0.25) is 0 Å². The summed E-state index contributed by atoms with van der Waals surface area (Å²) in [7, 11) is 0. The highest BCUT2D eigenvalue weighted by Crippen LogP contribution is 2.45. The van der Waals surface area contributed by atoms with Gasteiger partial charge in [-0.15, -0.1) is 0 Å². The third kappa shape index (κ3) is 1.44. The van der Waals surface area contributed by atoms with Crippen molar-refractivity contribution in [3.05, 3.63) is 36.0 Å². The summed E-state index contributed by atoms with van der Waals surface area (Å²) in [4.78, 5) is 4.13. The van der Waals surface area contributed by atoms with E-state index < -0.39 is 0 Å². The lowest BCUT2D eigenvalue weighted by molar-refractivity contribution is 0.381. The van der Waals surface area contributed by atoms with Crippen LogP contribution in [0.5, 0.6) is 0 Å². The standard InChI is InChI=1S/C12H12N2O/c1-8-11(10-3-2-6-13-7-10)12(15-14-8)9-4-5-9/h2-3,6-7,9H,4-5H2,1H3. The molecule has 76 valence electrons. The summed E-state index contributed by atoms with van der Waals surface area (Å²) in [5.41, 5.74) is 3.22. The number of pyridine rings is 1. The van der Waals surface area contributed by atoms with E-state index in [0.717, 1.165) is 22.6 Å². The Balaban J connectivity index is 2.13. The molecule has 0 saturated heterocycles. The fourth-order valence-electron chi connectivity index (χ4n) is 1.87. The Morgan fingerprint density at radius 1 is 1.40 bits per heavy atom. The molecule has 0 N–H and O–H groups in total. The van der Waals surface area contributed by atoms with Gasteiger partial charge in [-0.3, -0.25) is 4.98 Å². The third-order valence-electron chi connectivity index (χ3n) is 2.79. The van der Waals surface area contributed by atoms with Crippen LogP contribution < -0.4 is 0 Å². The fraction of sp³-hybridized carbons (Fsp3) is 0.333. The number of hydrogen-bond donors (Lipinski definition) is 0. The number of rotatable bonds is 2. The fourth-order valence-corrected chi connectivity index (χ4v) is 1.87. The van der Waals surface area contributed by atoms with E-state index in [-0.39, 0.29) is 0 Å². The Kier molecular flexibility index (Phi) is 1.84. The zero-order valence-electron chi connectivity index (χ0n) is 8.60. The minimum Gasteiger partial charge on any atom is -0.360 e. The number of aromatic nitrogens is 2. The second kappa shape index (κ2) is 3.19. The Morgan fingerprint density at radius 2 is 2.27 bits per heavy atom. The van der Waals surface area contributed by atoms with Crippen LogP contribution in [0.15, 0.2) is 29.0 Å². The van der Waals surface area contributed by atoms with Gasteiger partial charge >= 0.3 is 0 Å². The highest BCUT2D eigenvalue weighted by Gasteiger charge is 2.31. The van der Waals surface area contributed by atoms with Crippen LogP contribution in [0.3, 0.4) is 0 Å². The van der Waals surface area contributed by atoms with Crippen molar-refractivity contribution < 1.29 is 4.52 Å². The van der Waals surface area contributed by atoms with Crippen molar-refractivity contribution in [3.63, 3.8) is 0 Å². The molecule has 0 aliphatic heterocycles. The quantitative estimate of drug-likeness (QED) is 0.748. The van der Waals surface area contributed by atoms with Gasteiger partial charge < -0.3 is 4.52 Å². The van der Waals surface area contributed by atoms with Crippen molar-refractivity contribution in [2.45, 2.75) is 25.7 Å². The number of nitrogens with zero attached hydrogens (tertiary/aromatic N) is 2. The summed E-state index contributed by atoms with van der Waals surface area (Å²) in [5.74, 6) is 1.63. The summed E-state index contributed by atoms with van der Waals surface area (Å²) in [5, 5.41) is 4.05. The van der Waals surface area contributed by atoms with E-state index in [2.05, 4.69) is 16.2 Å². The van der Waals surface area contributed by atoms with Crippen LogP contribution in [0.2, 0.25) is 0 Å². The molecule has 2 aromatic rings. The molecule has 1 aliphatic carbocycles. The van der Waals surface area contributed by atoms with E-state index in [1.165, 1.54) is 12.8 Å². The van der Waals surface area contributed by atoms with Gasteiger partial charge in [0.05, 0.1) is 5.69 Å². The lowest BCUT2D eigenvalue weighted by Gasteiger charge is -1.99. The van der Waals surface area contributed by atoms with Gasteiger partial charge in [-0.05, 0) is 25.8 Å². The van der Waals surface area contributed by atoms with Gasteiger partial charge in [0.1, 0.15) is 5.76 Å². The highest BCUT2D eigenvalue weighted by molar-refractivity contribution is 5.67. The SMILES string of the molecule is Cc1noc(C2CC2)c1-c1cccnc1. The van der Waals surface area contributed by atoms with Gasteiger partial charge in [-0.25, -0.2) is 0 Å². The van der Waals surface area contributed by atoms with Crippen LogP contribution in [0.1, 0.15) is 30.2 Å². The molecule has 0 spiro atoms. The third-order valence-corrected chi connectivity index (χ3v) is 2.79. The van der Waals surface area contributed by atoms with Crippen LogP contribution in [0.25, 0.3) is 11.1 Å². The molecular weight excluding hydrogens is 188 g/mol. The van der Waals surface area contributed by atoms with E-state index in [0.29, 0.717) is 5.92 Å². The average Bonchev–Trinajstić information content (AvgIpc) is 3.04. The summed E-state index contributed by atoms with van der Waals surface area (Å²) in [6.07, 6.45) is 6.10. The van der Waals surface area contributed by atoms with Crippen molar-refractivity contribution in [2.24, 2.45) is 0 Å². The van der Waals surface area contributed by atoms with E-state index >= 15 is 0 Å². The summed E-state index contributed by atoms with van der Waals surface area (Å²) < 4.78 is 5.40. The van der Waals surface area contributed by atoms with E-state index in [4.69, 9.17) is 4.52 Å². The Hall–Kier alpha value is -1.64. The van der Waals surface area contributed by atoms with Gasteiger partial charge in [0, 0.05) is 29.4 Å². The van der Waals surface area contributed by atoms with Crippen LogP contribution in [-0.4, -0.2) is 10.1 Å². The van der Waals surface area contributed by atoms with Gasteiger partial charge in [-0.2, -0.15) is 0 Å². The molecule has 0 atom stereocenters. The van der Waals surface area contributed by atoms with E-state index in [1.54, 1.807) is 6.20 Å². The van der Waals surface area contributed by atoms with Crippen molar-refractivity contribution in [1.82, 2.24) is 10.1 Å². The van der Waals surface area contributed by atoms with Crippen molar-refractivity contribution >= 4 is 0 Å². The molecule has 15 heavy (non-hydrogen) atoms. The maximum absolute atomic E-state index is 5.40. The predicted molar refractivity (Wildman–Crippen MR) is 56.4 cm³/mol. The normalized spacial score (nSPS) is 15.5. The van der Waals surface area contributed by atoms with E-state index in [1.807, 2.05) is 19.2 Å². The zero-order chi connectivity index (χ0) is 10.3. The molecule has 0 aromatic carbocycles. The molecule has 3 heteroatoms. The first kappa shape index (κ1) is 8.65. The first-order valence-corrected chi connectivity index (χ1v) is 5.23. The molecule has 1 aliphatic rings. The van der Waals surface area contributed by atoms with E-state index in [9.17, 15) is 0 Å². The molecule has 3 rings (SSSR count). The summed E-state index contributed by atoms with van der Waals surface area (Å²) in [6, 6.07) is 4.00. The minimum absolute atomic E-state index is 0.585. The molecule has 0 radical (unpaired) electrons. The molecule has 0 bridgehead atoms. The first-order chi connectivity index (χ1) is 7.36. The average molecular weight is 200 g/mol. The van der Waals surface area contributed by atoms with Crippen molar-refractivity contribution in [1.29, 1.82) is 0 Å². The molecule has 2 heterocycles. The Morgan fingerprint density at radius 3 is 2.93 bits per heavy atom. The summed E-state index contributed by atoms with van der Waals surface area (Å²) >= 11 is 0. The monoisotopic (exact) mass is 200 g/mol. The number of aryl methyl sites for hydroxylation is 1. The Bertz CT molecular complexity index is 472. The molecule has 3 nitrogen and oxygen atoms in total. The smallest absolute Gasteiger partial charge is 0.147 e. The molecular formula is C12H12N2O. The second-order valence-electron chi connectivity index (χ2n) is 4.02. The van der Waals surface area contributed by atoms with Gasteiger partial charge in [0.15, 0.2) is 0 Å². The maximum atomic E-state index is 5.40. The summed E-state index contributed by atoms with van der Waals surface area (Å²) in [6.45, 7) is 1.98. The van der Waals surface area contributed by atoms with Crippen LogP contribution in [0, 0.1) is 6.92 Å². The Labute approximate surface area is 88.1 Å². The molecule has 1 saturated carbocycles. The second-order valence-corrected chi connectivity index (χ2v) is 4.02. The minimum atomic E-state index is 0.585. The van der Waals surface area contributed by atoms with Crippen LogP contribution in [0.4, 0.5) is 0 Å².